The zero-order valence-corrected chi connectivity index (χ0v) is 20.9. The molecule has 3 aromatic rings. The van der Waals surface area contributed by atoms with E-state index in [9.17, 15) is 0 Å². The minimum atomic E-state index is 0.270. The Balaban J connectivity index is 1.21. The van der Waals surface area contributed by atoms with E-state index in [1.807, 2.05) is 6.92 Å². The number of nitrogens with one attached hydrogen (secondary N) is 1. The van der Waals surface area contributed by atoms with Gasteiger partial charge >= 0.3 is 0 Å². The van der Waals surface area contributed by atoms with E-state index in [2.05, 4.69) is 69.1 Å². The van der Waals surface area contributed by atoms with Crippen LogP contribution in [0.1, 0.15) is 85.3 Å². The molecule has 0 spiro atoms. The molecule has 35 heavy (non-hydrogen) atoms. The van der Waals surface area contributed by atoms with Crippen LogP contribution in [-0.2, 0) is 12.8 Å². The third-order valence-electron chi connectivity index (χ3n) is 7.10. The summed E-state index contributed by atoms with van der Waals surface area (Å²) in [5.41, 5.74) is 8.54. The molecule has 8 nitrogen and oxygen atoms in total. The Morgan fingerprint density at radius 2 is 1.91 bits per heavy atom. The second-order valence-electron chi connectivity index (χ2n) is 9.91. The average molecular weight is 475 g/mol. The molecule has 1 N–H and O–H groups in total. The van der Waals surface area contributed by atoms with Gasteiger partial charge in [0.1, 0.15) is 12.1 Å². The topological polar surface area (TPSA) is 89.2 Å². The van der Waals surface area contributed by atoms with Crippen molar-refractivity contribution >= 4 is 11.5 Å². The molecule has 0 unspecified atom stereocenters. The molecular formula is C27H34N6O2. The van der Waals surface area contributed by atoms with Gasteiger partial charge in [-0.25, -0.2) is 10.5 Å². The fourth-order valence-corrected chi connectivity index (χ4v) is 4.92. The smallest absolute Gasteiger partial charge is 0.253 e. The van der Waals surface area contributed by atoms with E-state index in [1.165, 1.54) is 30.4 Å². The molecule has 184 valence electrons. The van der Waals surface area contributed by atoms with Gasteiger partial charge in [0.2, 0.25) is 5.89 Å². The molecule has 8 heteroatoms. The van der Waals surface area contributed by atoms with Crippen LogP contribution in [0.25, 0.3) is 5.70 Å². The summed E-state index contributed by atoms with van der Waals surface area (Å²) in [5, 5.41) is 4.12. The van der Waals surface area contributed by atoms with Crippen LogP contribution >= 0.6 is 0 Å². The fourth-order valence-electron chi connectivity index (χ4n) is 4.92. The van der Waals surface area contributed by atoms with E-state index in [-0.39, 0.29) is 11.8 Å². The van der Waals surface area contributed by atoms with E-state index < -0.39 is 0 Å². The molecule has 2 aromatic heterocycles. The minimum Gasteiger partial charge on any atom is -0.361 e. The van der Waals surface area contributed by atoms with Crippen LogP contribution < -0.4 is 15.2 Å². The van der Waals surface area contributed by atoms with Crippen LogP contribution in [0.15, 0.2) is 35.6 Å². The fraction of sp³-hybridized carbons (Fsp3) is 0.481. The molecule has 0 atom stereocenters. The highest BCUT2D eigenvalue weighted by Crippen LogP contribution is 2.32. The number of anilines is 1. The van der Waals surface area contributed by atoms with Gasteiger partial charge in [0, 0.05) is 30.5 Å². The molecule has 5 rings (SSSR count). The highest BCUT2D eigenvalue weighted by atomic mass is 16.7. The van der Waals surface area contributed by atoms with Crippen LogP contribution in [0.3, 0.4) is 0 Å². The highest BCUT2D eigenvalue weighted by molar-refractivity contribution is 5.62. The predicted molar refractivity (Wildman–Crippen MR) is 135 cm³/mol. The first kappa shape index (κ1) is 23.3. The third-order valence-corrected chi connectivity index (χ3v) is 7.10. The number of aromatic nitrogens is 4. The van der Waals surface area contributed by atoms with Gasteiger partial charge in [0.05, 0.1) is 11.3 Å². The summed E-state index contributed by atoms with van der Waals surface area (Å²) in [4.78, 5) is 21.7. The molecule has 2 aliphatic rings. The second-order valence-corrected chi connectivity index (χ2v) is 9.91. The molecule has 0 amide bonds. The lowest BCUT2D eigenvalue weighted by Gasteiger charge is -2.32. The Morgan fingerprint density at radius 1 is 1.14 bits per heavy atom. The van der Waals surface area contributed by atoms with E-state index in [1.54, 1.807) is 6.33 Å². The van der Waals surface area contributed by atoms with Crippen LogP contribution in [0.4, 0.5) is 5.82 Å². The maximum absolute atomic E-state index is 5.88. The number of benzene rings is 1. The van der Waals surface area contributed by atoms with Gasteiger partial charge in [-0.05, 0) is 62.6 Å². The SMILES string of the molecule is C=C(NOc1ncnc(N2CCC(c3nc(C(C)C)no3)CC2)c1C)c1ccc2c(c1)CCCC2. The zero-order valence-electron chi connectivity index (χ0n) is 20.9. The maximum atomic E-state index is 5.88. The standard InChI is InChI=1S/C27H34N6O2/c1-17(2)24-30-27(35-32-24)21-11-13-33(14-12-21)25-18(3)26(29-16-28-25)34-31-19(4)22-10-9-20-7-5-6-8-23(20)15-22/h9-10,15-17,21,31H,4-8,11-14H2,1-3H3. The molecule has 1 aliphatic heterocycles. The van der Waals surface area contributed by atoms with Crippen molar-refractivity contribution in [1.82, 2.24) is 25.6 Å². The Labute approximate surface area is 206 Å². The first-order valence-corrected chi connectivity index (χ1v) is 12.6. The molecule has 1 saturated heterocycles. The lowest BCUT2D eigenvalue weighted by Crippen LogP contribution is -2.34. The van der Waals surface area contributed by atoms with Crippen molar-refractivity contribution in [2.75, 3.05) is 18.0 Å². The Kier molecular flexibility index (Phi) is 6.70. The normalized spacial score (nSPS) is 16.3. The number of hydrogen-bond acceptors (Lipinski definition) is 8. The molecule has 1 aromatic carbocycles. The first-order chi connectivity index (χ1) is 17.0. The summed E-state index contributed by atoms with van der Waals surface area (Å²) in [6.45, 7) is 12.0. The van der Waals surface area contributed by atoms with E-state index in [0.717, 1.165) is 66.7 Å². The first-order valence-electron chi connectivity index (χ1n) is 12.6. The zero-order chi connectivity index (χ0) is 24.4. The van der Waals surface area contributed by atoms with Gasteiger partial charge in [0.15, 0.2) is 5.82 Å². The summed E-state index contributed by atoms with van der Waals surface area (Å²) in [5.74, 6) is 3.48. The second kappa shape index (κ2) is 10.1. The lowest BCUT2D eigenvalue weighted by molar-refractivity contribution is 0.239. The van der Waals surface area contributed by atoms with Crippen molar-refractivity contribution in [2.45, 2.75) is 71.1 Å². The third kappa shape index (κ3) is 5.01. The maximum Gasteiger partial charge on any atom is 0.253 e. The quantitative estimate of drug-likeness (QED) is 0.473. The highest BCUT2D eigenvalue weighted by Gasteiger charge is 2.27. The van der Waals surface area contributed by atoms with Gasteiger partial charge in [-0.2, -0.15) is 9.97 Å². The molecular weight excluding hydrogens is 440 g/mol. The molecule has 0 radical (unpaired) electrons. The summed E-state index contributed by atoms with van der Waals surface area (Å²) < 4.78 is 5.53. The molecule has 1 fully saturated rings. The van der Waals surface area contributed by atoms with Crippen LogP contribution in [0.2, 0.25) is 0 Å². The Bertz CT molecular complexity index is 1200. The van der Waals surface area contributed by atoms with Crippen molar-refractivity contribution in [3.05, 3.63) is 65.1 Å². The molecule has 3 heterocycles. The number of rotatable bonds is 7. The largest absolute Gasteiger partial charge is 0.361 e. The van der Waals surface area contributed by atoms with E-state index >= 15 is 0 Å². The van der Waals surface area contributed by atoms with Crippen molar-refractivity contribution in [3.63, 3.8) is 0 Å². The number of hydroxylamine groups is 1. The molecule has 0 saturated carbocycles. The lowest BCUT2D eigenvalue weighted by atomic mass is 9.90. The number of aryl methyl sites for hydroxylation is 2. The van der Waals surface area contributed by atoms with Crippen LogP contribution in [0, 0.1) is 6.92 Å². The van der Waals surface area contributed by atoms with Crippen LogP contribution in [0.5, 0.6) is 5.88 Å². The monoisotopic (exact) mass is 474 g/mol. The van der Waals surface area contributed by atoms with Crippen LogP contribution in [-0.4, -0.2) is 33.2 Å². The Morgan fingerprint density at radius 3 is 2.66 bits per heavy atom. The molecule has 1 aliphatic carbocycles. The summed E-state index contributed by atoms with van der Waals surface area (Å²) in [7, 11) is 0. The van der Waals surface area contributed by atoms with Gasteiger partial charge < -0.3 is 14.3 Å². The number of piperidine rings is 1. The van der Waals surface area contributed by atoms with Gasteiger partial charge in [-0.15, -0.1) is 0 Å². The van der Waals surface area contributed by atoms with E-state index in [0.29, 0.717) is 5.88 Å². The van der Waals surface area contributed by atoms with Gasteiger partial charge in [0.25, 0.3) is 5.88 Å². The predicted octanol–water partition coefficient (Wildman–Crippen LogP) is 5.11. The minimum absolute atomic E-state index is 0.270. The van der Waals surface area contributed by atoms with Gasteiger partial charge in [-0.3, -0.25) is 0 Å². The summed E-state index contributed by atoms with van der Waals surface area (Å²) in [6, 6.07) is 6.55. The van der Waals surface area contributed by atoms with Gasteiger partial charge in [-0.1, -0.05) is 37.7 Å². The van der Waals surface area contributed by atoms with Crippen molar-refractivity contribution in [3.8, 4) is 5.88 Å². The average Bonchev–Trinajstić information content (AvgIpc) is 3.39. The van der Waals surface area contributed by atoms with Crippen molar-refractivity contribution in [1.29, 1.82) is 0 Å². The number of nitrogens with zero attached hydrogens (tertiary/aromatic N) is 5. The number of hydrogen-bond donors (Lipinski definition) is 1. The Hall–Kier alpha value is -3.42. The number of fused-ring (bicyclic) bond motifs is 1. The van der Waals surface area contributed by atoms with Crippen molar-refractivity contribution < 1.29 is 9.36 Å². The summed E-state index contributed by atoms with van der Waals surface area (Å²) >= 11 is 0. The summed E-state index contributed by atoms with van der Waals surface area (Å²) in [6.07, 6.45) is 8.26. The van der Waals surface area contributed by atoms with E-state index in [4.69, 9.17) is 9.36 Å². The molecule has 0 bridgehead atoms. The van der Waals surface area contributed by atoms with Crippen molar-refractivity contribution in [2.24, 2.45) is 0 Å².